The molecule has 2 heterocycles. The number of imide groups is 1. The SMILES string of the molecule is CC1(c2ccc(CNC(=O)C3CC(F)(F)CN3)cc2)NC(=O)NC1=O. The van der Waals surface area contributed by atoms with Gasteiger partial charge in [0.15, 0.2) is 0 Å². The predicted octanol–water partition coefficient (Wildman–Crippen LogP) is 0.355. The van der Waals surface area contributed by atoms with Gasteiger partial charge in [0.05, 0.1) is 12.6 Å². The normalized spacial score (nSPS) is 27.7. The second kappa shape index (κ2) is 6.07. The summed E-state index contributed by atoms with van der Waals surface area (Å²) >= 11 is 0. The number of hydrogen-bond acceptors (Lipinski definition) is 4. The van der Waals surface area contributed by atoms with Crippen molar-refractivity contribution in [2.24, 2.45) is 0 Å². The average molecular weight is 352 g/mol. The quantitative estimate of drug-likeness (QED) is 0.588. The highest BCUT2D eigenvalue weighted by Gasteiger charge is 2.43. The van der Waals surface area contributed by atoms with E-state index in [0.717, 1.165) is 5.56 Å². The first-order valence-electron chi connectivity index (χ1n) is 7.82. The Bertz CT molecular complexity index is 723. The summed E-state index contributed by atoms with van der Waals surface area (Å²) in [6.07, 6.45) is -0.509. The molecule has 7 nitrogen and oxygen atoms in total. The van der Waals surface area contributed by atoms with Crippen LogP contribution in [0.1, 0.15) is 24.5 Å². The highest BCUT2D eigenvalue weighted by Crippen LogP contribution is 2.26. The summed E-state index contributed by atoms with van der Waals surface area (Å²) < 4.78 is 26.2. The smallest absolute Gasteiger partial charge is 0.322 e. The molecule has 4 amide bonds. The van der Waals surface area contributed by atoms with Gasteiger partial charge in [-0.2, -0.15) is 0 Å². The molecule has 25 heavy (non-hydrogen) atoms. The van der Waals surface area contributed by atoms with Gasteiger partial charge in [0.1, 0.15) is 5.54 Å². The molecule has 0 aliphatic carbocycles. The van der Waals surface area contributed by atoms with Crippen LogP contribution in [-0.4, -0.2) is 36.4 Å². The van der Waals surface area contributed by atoms with Gasteiger partial charge >= 0.3 is 6.03 Å². The van der Waals surface area contributed by atoms with Crippen molar-refractivity contribution in [1.82, 2.24) is 21.3 Å². The van der Waals surface area contributed by atoms with Crippen LogP contribution in [0.3, 0.4) is 0 Å². The van der Waals surface area contributed by atoms with Crippen LogP contribution in [0.25, 0.3) is 0 Å². The van der Waals surface area contributed by atoms with Gasteiger partial charge in [-0.3, -0.25) is 20.2 Å². The van der Waals surface area contributed by atoms with E-state index in [-0.39, 0.29) is 6.54 Å². The number of benzene rings is 1. The molecule has 2 saturated heterocycles. The number of urea groups is 1. The molecule has 0 spiro atoms. The second-order valence-corrected chi connectivity index (χ2v) is 6.44. The predicted molar refractivity (Wildman–Crippen MR) is 83.7 cm³/mol. The molecule has 3 rings (SSSR count). The Balaban J connectivity index is 1.59. The van der Waals surface area contributed by atoms with E-state index in [2.05, 4.69) is 21.3 Å². The molecule has 1 aromatic rings. The van der Waals surface area contributed by atoms with Crippen molar-refractivity contribution in [3.8, 4) is 0 Å². The maximum atomic E-state index is 13.1. The summed E-state index contributed by atoms with van der Waals surface area (Å²) in [5, 5.41) is 9.85. The van der Waals surface area contributed by atoms with Gasteiger partial charge in [-0.25, -0.2) is 13.6 Å². The van der Waals surface area contributed by atoms with Crippen LogP contribution in [0.4, 0.5) is 13.6 Å². The summed E-state index contributed by atoms with van der Waals surface area (Å²) in [6.45, 7) is 1.28. The number of halogens is 2. The molecule has 134 valence electrons. The maximum Gasteiger partial charge on any atom is 0.322 e. The van der Waals surface area contributed by atoms with E-state index in [0.29, 0.717) is 5.56 Å². The van der Waals surface area contributed by atoms with E-state index in [4.69, 9.17) is 0 Å². The molecule has 2 fully saturated rings. The monoisotopic (exact) mass is 352 g/mol. The van der Waals surface area contributed by atoms with E-state index in [1.807, 2.05) is 0 Å². The number of alkyl halides is 2. The van der Waals surface area contributed by atoms with Crippen LogP contribution in [0, 0.1) is 0 Å². The Morgan fingerprint density at radius 2 is 1.96 bits per heavy atom. The van der Waals surface area contributed by atoms with Crippen molar-refractivity contribution in [2.75, 3.05) is 6.54 Å². The van der Waals surface area contributed by atoms with Gasteiger partial charge in [-0.15, -0.1) is 0 Å². The molecule has 0 saturated carbocycles. The number of carbonyl (C=O) groups excluding carboxylic acids is 3. The lowest BCUT2D eigenvalue weighted by Crippen LogP contribution is -2.40. The van der Waals surface area contributed by atoms with E-state index >= 15 is 0 Å². The van der Waals surface area contributed by atoms with Gasteiger partial charge < -0.3 is 10.6 Å². The summed E-state index contributed by atoms with van der Waals surface area (Å²) in [5.74, 6) is -3.77. The van der Waals surface area contributed by atoms with Crippen molar-refractivity contribution in [3.05, 3.63) is 35.4 Å². The number of hydrogen-bond donors (Lipinski definition) is 4. The first-order chi connectivity index (χ1) is 11.7. The summed E-state index contributed by atoms with van der Waals surface area (Å²) in [4.78, 5) is 35.1. The number of nitrogens with one attached hydrogen (secondary N) is 4. The summed E-state index contributed by atoms with van der Waals surface area (Å²) in [5.41, 5.74) is 0.205. The third-order valence-corrected chi connectivity index (χ3v) is 4.47. The average Bonchev–Trinajstić information content (AvgIpc) is 3.05. The Labute approximate surface area is 142 Å². The van der Waals surface area contributed by atoms with Gasteiger partial charge in [-0.1, -0.05) is 24.3 Å². The van der Waals surface area contributed by atoms with Crippen LogP contribution in [-0.2, 0) is 21.7 Å². The molecule has 1 aromatic carbocycles. The van der Waals surface area contributed by atoms with E-state index in [1.165, 1.54) is 0 Å². The van der Waals surface area contributed by atoms with E-state index in [1.54, 1.807) is 31.2 Å². The molecular formula is C16H18F2N4O3. The number of carbonyl (C=O) groups is 3. The van der Waals surface area contributed by atoms with Gasteiger partial charge in [-0.05, 0) is 18.1 Å². The summed E-state index contributed by atoms with van der Waals surface area (Å²) in [6, 6.07) is 5.31. The molecule has 4 N–H and O–H groups in total. The van der Waals surface area contributed by atoms with Crippen molar-refractivity contribution in [2.45, 2.75) is 37.4 Å². The number of amides is 4. The molecule has 9 heteroatoms. The highest BCUT2D eigenvalue weighted by atomic mass is 19.3. The minimum Gasteiger partial charge on any atom is -0.351 e. The standard InChI is InChI=1S/C16H18F2N4O3/c1-15(13(24)21-14(25)22-15)10-4-2-9(3-5-10)7-19-12(23)11-6-16(17,18)8-20-11/h2-5,11,20H,6-8H2,1H3,(H,19,23)(H2,21,22,24,25). The summed E-state index contributed by atoms with van der Waals surface area (Å²) in [7, 11) is 0. The Kier molecular flexibility index (Phi) is 4.19. The minimum atomic E-state index is -2.86. The van der Waals surface area contributed by atoms with Crippen LogP contribution in [0.5, 0.6) is 0 Å². The molecule has 0 bridgehead atoms. The lowest BCUT2D eigenvalue weighted by molar-refractivity contribution is -0.124. The largest absolute Gasteiger partial charge is 0.351 e. The minimum absolute atomic E-state index is 0.179. The van der Waals surface area contributed by atoms with Crippen molar-refractivity contribution in [1.29, 1.82) is 0 Å². The van der Waals surface area contributed by atoms with Gasteiger partial charge in [0.25, 0.3) is 11.8 Å². The van der Waals surface area contributed by atoms with E-state index in [9.17, 15) is 23.2 Å². The zero-order valence-corrected chi connectivity index (χ0v) is 13.5. The Morgan fingerprint density at radius 1 is 1.28 bits per heavy atom. The van der Waals surface area contributed by atoms with Crippen LogP contribution >= 0.6 is 0 Å². The fraction of sp³-hybridized carbons (Fsp3) is 0.438. The zero-order chi connectivity index (χ0) is 18.2. The highest BCUT2D eigenvalue weighted by molar-refractivity contribution is 6.07. The lowest BCUT2D eigenvalue weighted by atomic mass is 9.91. The molecule has 2 aliphatic rings. The fourth-order valence-electron chi connectivity index (χ4n) is 2.92. The molecule has 0 aromatic heterocycles. The first kappa shape index (κ1) is 17.3. The molecule has 0 radical (unpaired) electrons. The van der Waals surface area contributed by atoms with Crippen molar-refractivity contribution >= 4 is 17.8 Å². The molecule has 2 unspecified atom stereocenters. The third-order valence-electron chi connectivity index (χ3n) is 4.47. The first-order valence-corrected chi connectivity index (χ1v) is 7.82. The zero-order valence-electron chi connectivity index (χ0n) is 13.5. The molecular weight excluding hydrogens is 334 g/mol. The lowest BCUT2D eigenvalue weighted by Gasteiger charge is -2.21. The topological polar surface area (TPSA) is 99.3 Å². The fourth-order valence-corrected chi connectivity index (χ4v) is 2.92. The molecule has 2 atom stereocenters. The van der Waals surface area contributed by atoms with Crippen molar-refractivity contribution < 1.29 is 23.2 Å². The van der Waals surface area contributed by atoms with Crippen molar-refractivity contribution in [3.63, 3.8) is 0 Å². The second-order valence-electron chi connectivity index (χ2n) is 6.44. The van der Waals surface area contributed by atoms with Crippen LogP contribution in [0.2, 0.25) is 0 Å². The third kappa shape index (κ3) is 3.46. The number of rotatable bonds is 4. The maximum absolute atomic E-state index is 13.1. The Hall–Kier alpha value is -2.55. The Morgan fingerprint density at radius 3 is 2.48 bits per heavy atom. The van der Waals surface area contributed by atoms with Gasteiger partial charge in [0.2, 0.25) is 5.91 Å². The van der Waals surface area contributed by atoms with Gasteiger partial charge in [0, 0.05) is 13.0 Å². The van der Waals surface area contributed by atoms with Crippen LogP contribution in [0.15, 0.2) is 24.3 Å². The van der Waals surface area contributed by atoms with E-state index < -0.39 is 48.3 Å². The molecule has 2 aliphatic heterocycles. The van der Waals surface area contributed by atoms with Crippen LogP contribution < -0.4 is 21.3 Å².